The molecule has 1 aliphatic rings. The average Bonchev–Trinajstić information content (AvgIpc) is 2.41. The molecule has 1 aliphatic carbocycles. The van der Waals surface area contributed by atoms with Gasteiger partial charge >= 0.3 is 0 Å². The van der Waals surface area contributed by atoms with Gasteiger partial charge < -0.3 is 5.32 Å². The van der Waals surface area contributed by atoms with Crippen LogP contribution in [0.3, 0.4) is 0 Å². The van der Waals surface area contributed by atoms with Gasteiger partial charge in [-0.25, -0.2) is 0 Å². The highest BCUT2D eigenvalue weighted by atomic mass is 16.6. The Balaban J connectivity index is 2.26. The Hall–Kier alpha value is -1.91. The molecule has 1 N–H and O–H groups in total. The maximum absolute atomic E-state index is 11.3. The minimum Gasteiger partial charge on any atom is -0.376 e. The lowest BCUT2D eigenvalue weighted by molar-refractivity contribution is -0.384. The van der Waals surface area contributed by atoms with Crippen LogP contribution in [0.2, 0.25) is 0 Å². The van der Waals surface area contributed by atoms with E-state index < -0.39 is 4.92 Å². The van der Waals surface area contributed by atoms with Gasteiger partial charge in [0.1, 0.15) is 5.69 Å². The number of nitro groups is 1. The Bertz CT molecular complexity index is 528. The fourth-order valence-electron chi connectivity index (χ4n) is 2.75. The largest absolute Gasteiger partial charge is 0.376 e. The van der Waals surface area contributed by atoms with E-state index >= 15 is 0 Å². The molecule has 5 heteroatoms. The Morgan fingerprint density at radius 2 is 2.05 bits per heavy atom. The first kappa shape index (κ1) is 14.5. The van der Waals surface area contributed by atoms with Gasteiger partial charge in [-0.3, -0.25) is 14.9 Å². The molecule has 1 aromatic carbocycles. The van der Waals surface area contributed by atoms with Crippen LogP contribution >= 0.6 is 0 Å². The highest BCUT2D eigenvalue weighted by Crippen LogP contribution is 2.31. The summed E-state index contributed by atoms with van der Waals surface area (Å²) >= 11 is 0. The van der Waals surface area contributed by atoms with Crippen molar-refractivity contribution < 1.29 is 9.72 Å². The molecule has 0 aromatic heterocycles. The summed E-state index contributed by atoms with van der Waals surface area (Å²) in [5.41, 5.74) is 0.869. The zero-order valence-corrected chi connectivity index (χ0v) is 11.9. The standard InChI is InChI=1S/C15H20N2O3/c1-10-5-3-4-6-13(10)16-14-8-7-12(11(2)18)9-15(14)17(19)20/h7-10,13,16H,3-6H2,1-2H3/t10-,13+/m0/s1. The number of Topliss-reactive ketones (excluding diaryl/α,β-unsaturated/α-hetero) is 1. The molecule has 5 nitrogen and oxygen atoms in total. The third-order valence-electron chi connectivity index (χ3n) is 4.05. The maximum Gasteiger partial charge on any atom is 0.293 e. The number of benzene rings is 1. The third kappa shape index (κ3) is 3.15. The van der Waals surface area contributed by atoms with E-state index in [9.17, 15) is 14.9 Å². The summed E-state index contributed by atoms with van der Waals surface area (Å²) in [6, 6.07) is 4.92. The van der Waals surface area contributed by atoms with Gasteiger partial charge in [-0.05, 0) is 37.8 Å². The number of ketones is 1. The van der Waals surface area contributed by atoms with Gasteiger partial charge in [-0.1, -0.05) is 19.8 Å². The van der Waals surface area contributed by atoms with E-state index in [-0.39, 0.29) is 17.5 Å². The van der Waals surface area contributed by atoms with Crippen LogP contribution in [0.5, 0.6) is 0 Å². The lowest BCUT2D eigenvalue weighted by atomic mass is 9.86. The van der Waals surface area contributed by atoms with Crippen LogP contribution in [0.1, 0.15) is 49.9 Å². The van der Waals surface area contributed by atoms with Gasteiger partial charge in [0.2, 0.25) is 0 Å². The molecule has 0 spiro atoms. The molecule has 108 valence electrons. The number of hydrogen-bond donors (Lipinski definition) is 1. The van der Waals surface area contributed by atoms with Crippen molar-refractivity contribution in [3.05, 3.63) is 33.9 Å². The monoisotopic (exact) mass is 276 g/mol. The topological polar surface area (TPSA) is 72.2 Å². The van der Waals surface area contributed by atoms with Crippen molar-refractivity contribution in [2.45, 2.75) is 45.6 Å². The normalized spacial score (nSPS) is 22.3. The quantitative estimate of drug-likeness (QED) is 0.516. The Morgan fingerprint density at radius 1 is 1.35 bits per heavy atom. The van der Waals surface area contributed by atoms with Crippen molar-refractivity contribution in [2.75, 3.05) is 5.32 Å². The van der Waals surface area contributed by atoms with E-state index in [0.717, 1.165) is 19.3 Å². The molecule has 1 aromatic rings. The molecule has 20 heavy (non-hydrogen) atoms. The van der Waals surface area contributed by atoms with Gasteiger partial charge in [-0.15, -0.1) is 0 Å². The van der Waals surface area contributed by atoms with Crippen molar-refractivity contribution in [2.24, 2.45) is 5.92 Å². The molecule has 0 saturated heterocycles. The summed E-state index contributed by atoms with van der Waals surface area (Å²) in [5, 5.41) is 14.5. The Morgan fingerprint density at radius 3 is 2.65 bits per heavy atom. The molecular formula is C15H20N2O3. The van der Waals surface area contributed by atoms with Crippen LogP contribution in [-0.4, -0.2) is 16.7 Å². The van der Waals surface area contributed by atoms with E-state index in [4.69, 9.17) is 0 Å². The lowest BCUT2D eigenvalue weighted by Gasteiger charge is -2.30. The molecule has 0 unspecified atom stereocenters. The van der Waals surface area contributed by atoms with Crippen molar-refractivity contribution in [1.29, 1.82) is 0 Å². The molecule has 1 fully saturated rings. The van der Waals surface area contributed by atoms with Crippen LogP contribution < -0.4 is 5.32 Å². The maximum atomic E-state index is 11.3. The van der Waals surface area contributed by atoms with E-state index in [1.165, 1.54) is 19.4 Å². The van der Waals surface area contributed by atoms with Crippen LogP contribution in [0.4, 0.5) is 11.4 Å². The minimum absolute atomic E-state index is 0.0181. The molecule has 0 radical (unpaired) electrons. The molecular weight excluding hydrogens is 256 g/mol. The molecule has 2 rings (SSSR count). The predicted octanol–water partition coefficient (Wildman–Crippen LogP) is 3.79. The third-order valence-corrected chi connectivity index (χ3v) is 4.05. The molecule has 2 atom stereocenters. The van der Waals surface area contributed by atoms with Gasteiger partial charge in [0.25, 0.3) is 5.69 Å². The Labute approximate surface area is 118 Å². The van der Waals surface area contributed by atoms with Gasteiger partial charge in [0.05, 0.1) is 4.92 Å². The lowest BCUT2D eigenvalue weighted by Crippen LogP contribution is -2.30. The fraction of sp³-hybridized carbons (Fsp3) is 0.533. The number of rotatable bonds is 4. The summed E-state index contributed by atoms with van der Waals surface area (Å²) in [6.45, 7) is 3.59. The number of anilines is 1. The van der Waals surface area contributed by atoms with Crippen molar-refractivity contribution >= 4 is 17.2 Å². The van der Waals surface area contributed by atoms with Gasteiger partial charge in [-0.2, -0.15) is 0 Å². The molecule has 0 amide bonds. The number of nitro benzene ring substituents is 1. The van der Waals surface area contributed by atoms with Crippen molar-refractivity contribution in [1.82, 2.24) is 0 Å². The number of carbonyl (C=O) groups is 1. The van der Waals surface area contributed by atoms with Crippen molar-refractivity contribution in [3.8, 4) is 0 Å². The van der Waals surface area contributed by atoms with Crippen LogP contribution in [0.25, 0.3) is 0 Å². The smallest absolute Gasteiger partial charge is 0.293 e. The number of nitrogens with zero attached hydrogens (tertiary/aromatic N) is 1. The molecule has 0 aliphatic heterocycles. The van der Waals surface area contributed by atoms with E-state index in [1.807, 2.05) is 0 Å². The van der Waals surface area contributed by atoms with Crippen LogP contribution in [-0.2, 0) is 0 Å². The molecule has 0 bridgehead atoms. The molecule has 1 saturated carbocycles. The highest BCUT2D eigenvalue weighted by molar-refractivity contribution is 5.95. The number of carbonyl (C=O) groups excluding carboxylic acids is 1. The second-order valence-electron chi connectivity index (χ2n) is 5.56. The minimum atomic E-state index is -0.428. The summed E-state index contributed by atoms with van der Waals surface area (Å²) in [6.07, 6.45) is 4.57. The summed E-state index contributed by atoms with van der Waals surface area (Å²) < 4.78 is 0. The van der Waals surface area contributed by atoms with Crippen molar-refractivity contribution in [3.63, 3.8) is 0 Å². The second-order valence-corrected chi connectivity index (χ2v) is 5.56. The first-order valence-corrected chi connectivity index (χ1v) is 7.05. The fourth-order valence-corrected chi connectivity index (χ4v) is 2.75. The summed E-state index contributed by atoms with van der Waals surface area (Å²) in [7, 11) is 0. The van der Waals surface area contributed by atoms with E-state index in [0.29, 0.717) is 17.2 Å². The zero-order valence-electron chi connectivity index (χ0n) is 11.9. The average molecular weight is 276 g/mol. The van der Waals surface area contributed by atoms with E-state index in [1.54, 1.807) is 12.1 Å². The number of hydrogen-bond acceptors (Lipinski definition) is 4. The Kier molecular flexibility index (Phi) is 4.37. The summed E-state index contributed by atoms with van der Waals surface area (Å²) in [5.74, 6) is 0.349. The molecule has 0 heterocycles. The van der Waals surface area contributed by atoms with E-state index in [2.05, 4.69) is 12.2 Å². The first-order chi connectivity index (χ1) is 9.49. The second kappa shape index (κ2) is 6.03. The SMILES string of the molecule is CC(=O)c1ccc(N[C@@H]2CCCC[C@@H]2C)c([N+](=O)[O-])c1. The number of nitrogens with one attached hydrogen (secondary N) is 1. The first-order valence-electron chi connectivity index (χ1n) is 7.05. The van der Waals surface area contributed by atoms with Gasteiger partial charge in [0, 0.05) is 17.7 Å². The summed E-state index contributed by atoms with van der Waals surface area (Å²) in [4.78, 5) is 22.1. The van der Waals surface area contributed by atoms with Crippen LogP contribution in [0.15, 0.2) is 18.2 Å². The predicted molar refractivity (Wildman–Crippen MR) is 78.1 cm³/mol. The van der Waals surface area contributed by atoms with Crippen LogP contribution in [0, 0.1) is 16.0 Å². The highest BCUT2D eigenvalue weighted by Gasteiger charge is 2.24. The van der Waals surface area contributed by atoms with Gasteiger partial charge in [0.15, 0.2) is 5.78 Å². The zero-order chi connectivity index (χ0) is 14.7.